The first-order valence-electron chi connectivity index (χ1n) is 8.16. The monoisotopic (exact) mass is 326 g/mol. The van der Waals surface area contributed by atoms with Gasteiger partial charge >= 0.3 is 0 Å². The molecule has 1 amide bonds. The van der Waals surface area contributed by atoms with E-state index >= 15 is 0 Å². The minimum atomic E-state index is -0.893. The van der Waals surface area contributed by atoms with Crippen LogP contribution >= 0.6 is 0 Å². The summed E-state index contributed by atoms with van der Waals surface area (Å²) in [6.45, 7) is 4.20. The van der Waals surface area contributed by atoms with E-state index in [2.05, 4.69) is 4.98 Å². The maximum Gasteiger partial charge on any atom is 0.254 e. The smallest absolute Gasteiger partial charge is 0.254 e. The maximum absolute atomic E-state index is 12.7. The highest BCUT2D eigenvalue weighted by atomic mass is 16.5. The Labute approximate surface area is 141 Å². The van der Waals surface area contributed by atoms with Crippen LogP contribution in [-0.2, 0) is 0 Å². The standard InChI is InChI=1S/C19H22N2O3/c1-19(2,23)17-6-4-12-21(17)18(22)14-7-9-15(10-8-14)24-16-5-3-11-20-13-16/h3,5,7-11,13,17,23H,4,6,12H2,1-2H3. The third-order valence-electron chi connectivity index (χ3n) is 4.30. The van der Waals surface area contributed by atoms with Crippen molar-refractivity contribution >= 4 is 5.91 Å². The Morgan fingerprint density at radius 3 is 2.62 bits per heavy atom. The number of amides is 1. The topological polar surface area (TPSA) is 62.7 Å². The number of rotatable bonds is 4. The summed E-state index contributed by atoms with van der Waals surface area (Å²) >= 11 is 0. The molecule has 1 fully saturated rings. The van der Waals surface area contributed by atoms with E-state index in [1.165, 1.54) is 0 Å². The van der Waals surface area contributed by atoms with Gasteiger partial charge in [-0.3, -0.25) is 9.78 Å². The lowest BCUT2D eigenvalue weighted by Gasteiger charge is -2.33. The first-order chi connectivity index (χ1) is 11.4. The Kier molecular flexibility index (Phi) is 4.53. The molecule has 0 spiro atoms. The summed E-state index contributed by atoms with van der Waals surface area (Å²) in [6.07, 6.45) is 5.07. The number of hydrogen-bond donors (Lipinski definition) is 1. The minimum absolute atomic E-state index is 0.0486. The number of likely N-dealkylation sites (tertiary alicyclic amines) is 1. The van der Waals surface area contributed by atoms with Crippen molar-refractivity contribution in [2.24, 2.45) is 0 Å². The number of pyridine rings is 1. The van der Waals surface area contributed by atoms with E-state index < -0.39 is 5.60 Å². The minimum Gasteiger partial charge on any atom is -0.456 e. The van der Waals surface area contributed by atoms with Gasteiger partial charge in [-0.25, -0.2) is 0 Å². The molecule has 1 unspecified atom stereocenters. The van der Waals surface area contributed by atoms with Gasteiger partial charge in [0.25, 0.3) is 5.91 Å². The highest BCUT2D eigenvalue weighted by Gasteiger charge is 2.38. The molecule has 0 aliphatic carbocycles. The van der Waals surface area contributed by atoms with Crippen LogP contribution in [0.4, 0.5) is 0 Å². The molecular formula is C19H22N2O3. The number of carbonyl (C=O) groups is 1. The molecular weight excluding hydrogens is 304 g/mol. The lowest BCUT2D eigenvalue weighted by molar-refractivity contribution is 0.000334. The van der Waals surface area contributed by atoms with Crippen LogP contribution in [0.25, 0.3) is 0 Å². The van der Waals surface area contributed by atoms with E-state index in [0.717, 1.165) is 12.8 Å². The van der Waals surface area contributed by atoms with Crippen molar-refractivity contribution in [3.63, 3.8) is 0 Å². The second-order valence-electron chi connectivity index (χ2n) is 6.63. The van der Waals surface area contributed by atoms with Gasteiger partial charge in [-0.1, -0.05) is 0 Å². The predicted octanol–water partition coefficient (Wildman–Crippen LogP) is 3.25. The van der Waals surface area contributed by atoms with Gasteiger partial charge in [-0.05, 0) is 63.1 Å². The quantitative estimate of drug-likeness (QED) is 0.937. The maximum atomic E-state index is 12.7. The van der Waals surface area contributed by atoms with Crippen molar-refractivity contribution in [2.45, 2.75) is 38.3 Å². The molecule has 1 aliphatic rings. The third kappa shape index (κ3) is 3.57. The van der Waals surface area contributed by atoms with Crippen molar-refractivity contribution in [1.29, 1.82) is 0 Å². The van der Waals surface area contributed by atoms with Gasteiger partial charge in [0.05, 0.1) is 17.8 Å². The van der Waals surface area contributed by atoms with Crippen LogP contribution in [0, 0.1) is 0 Å². The normalized spacial score (nSPS) is 17.8. The number of ether oxygens (including phenoxy) is 1. The Balaban J connectivity index is 1.72. The van der Waals surface area contributed by atoms with Gasteiger partial charge in [-0.2, -0.15) is 0 Å². The van der Waals surface area contributed by atoms with Crippen molar-refractivity contribution in [1.82, 2.24) is 9.88 Å². The highest BCUT2D eigenvalue weighted by molar-refractivity contribution is 5.94. The molecule has 1 aromatic heterocycles. The second kappa shape index (κ2) is 6.61. The Morgan fingerprint density at radius 2 is 2.00 bits per heavy atom. The van der Waals surface area contributed by atoms with Crippen molar-refractivity contribution in [2.75, 3.05) is 6.54 Å². The summed E-state index contributed by atoms with van der Waals surface area (Å²) in [5.41, 5.74) is -0.292. The van der Waals surface area contributed by atoms with Gasteiger partial charge in [-0.15, -0.1) is 0 Å². The van der Waals surface area contributed by atoms with Crippen LogP contribution < -0.4 is 4.74 Å². The van der Waals surface area contributed by atoms with Crippen LogP contribution in [0.2, 0.25) is 0 Å². The Morgan fingerprint density at radius 1 is 1.25 bits per heavy atom. The number of benzene rings is 1. The fraction of sp³-hybridized carbons (Fsp3) is 0.368. The molecule has 1 aromatic carbocycles. The summed E-state index contributed by atoms with van der Waals surface area (Å²) in [5.74, 6) is 1.26. The number of hydrogen-bond acceptors (Lipinski definition) is 4. The van der Waals surface area contributed by atoms with Crippen LogP contribution in [-0.4, -0.2) is 39.1 Å². The summed E-state index contributed by atoms with van der Waals surface area (Å²) < 4.78 is 5.69. The van der Waals surface area contributed by atoms with Crippen LogP contribution in [0.5, 0.6) is 11.5 Å². The van der Waals surface area contributed by atoms with Crippen molar-refractivity contribution < 1.29 is 14.6 Å². The van der Waals surface area contributed by atoms with Gasteiger partial charge in [0.1, 0.15) is 11.5 Å². The number of nitrogens with zero attached hydrogens (tertiary/aromatic N) is 2. The Hall–Kier alpha value is -2.40. The summed E-state index contributed by atoms with van der Waals surface area (Å²) in [4.78, 5) is 18.5. The van der Waals surface area contributed by atoms with Crippen molar-refractivity contribution in [3.8, 4) is 11.5 Å². The zero-order valence-electron chi connectivity index (χ0n) is 14.0. The van der Waals surface area contributed by atoms with E-state index in [0.29, 0.717) is 23.6 Å². The van der Waals surface area contributed by atoms with Gasteiger partial charge in [0.15, 0.2) is 0 Å². The predicted molar refractivity (Wildman–Crippen MR) is 91.1 cm³/mol. The molecule has 2 heterocycles. The fourth-order valence-electron chi connectivity index (χ4n) is 3.12. The fourth-order valence-corrected chi connectivity index (χ4v) is 3.12. The Bertz CT molecular complexity index is 693. The molecule has 1 atom stereocenters. The summed E-state index contributed by atoms with van der Waals surface area (Å²) in [7, 11) is 0. The summed E-state index contributed by atoms with van der Waals surface area (Å²) in [6, 6.07) is 10.5. The zero-order valence-corrected chi connectivity index (χ0v) is 14.0. The largest absolute Gasteiger partial charge is 0.456 e. The van der Waals surface area contributed by atoms with E-state index in [9.17, 15) is 9.90 Å². The molecule has 1 N–H and O–H groups in total. The van der Waals surface area contributed by atoms with Gasteiger partial charge < -0.3 is 14.7 Å². The molecule has 2 aromatic rings. The van der Waals surface area contributed by atoms with Crippen LogP contribution in [0.15, 0.2) is 48.8 Å². The first kappa shape index (κ1) is 16.5. The average Bonchev–Trinajstić information content (AvgIpc) is 3.06. The van der Waals surface area contributed by atoms with E-state index in [4.69, 9.17) is 4.74 Å². The molecule has 126 valence electrons. The van der Waals surface area contributed by atoms with Crippen LogP contribution in [0.3, 0.4) is 0 Å². The summed E-state index contributed by atoms with van der Waals surface area (Å²) in [5, 5.41) is 10.3. The van der Waals surface area contributed by atoms with E-state index in [1.807, 2.05) is 6.07 Å². The van der Waals surface area contributed by atoms with Crippen LogP contribution in [0.1, 0.15) is 37.0 Å². The molecule has 5 heteroatoms. The van der Waals surface area contributed by atoms with E-state index in [-0.39, 0.29) is 11.9 Å². The third-order valence-corrected chi connectivity index (χ3v) is 4.30. The SMILES string of the molecule is CC(C)(O)C1CCCN1C(=O)c1ccc(Oc2cccnc2)cc1. The molecule has 1 aliphatic heterocycles. The molecule has 3 rings (SSSR count). The molecule has 0 saturated carbocycles. The molecule has 0 bridgehead atoms. The van der Waals surface area contributed by atoms with Gasteiger partial charge in [0.2, 0.25) is 0 Å². The average molecular weight is 326 g/mol. The van der Waals surface area contributed by atoms with E-state index in [1.54, 1.807) is 61.5 Å². The number of carbonyl (C=O) groups excluding carboxylic acids is 1. The highest BCUT2D eigenvalue weighted by Crippen LogP contribution is 2.29. The molecule has 0 radical (unpaired) electrons. The second-order valence-corrected chi connectivity index (χ2v) is 6.63. The number of aromatic nitrogens is 1. The molecule has 1 saturated heterocycles. The lowest BCUT2D eigenvalue weighted by Crippen LogP contribution is -2.48. The number of aliphatic hydroxyl groups is 1. The van der Waals surface area contributed by atoms with Gasteiger partial charge in [0, 0.05) is 18.3 Å². The zero-order chi connectivity index (χ0) is 17.2. The molecule has 5 nitrogen and oxygen atoms in total. The lowest BCUT2D eigenvalue weighted by atomic mass is 9.96. The first-order valence-corrected chi connectivity index (χ1v) is 8.16. The van der Waals surface area contributed by atoms with Crippen molar-refractivity contribution in [3.05, 3.63) is 54.4 Å². The molecule has 24 heavy (non-hydrogen) atoms.